The van der Waals surface area contributed by atoms with E-state index in [9.17, 15) is 4.79 Å². The van der Waals surface area contributed by atoms with Crippen molar-refractivity contribution < 1.29 is 9.53 Å². The van der Waals surface area contributed by atoms with Crippen molar-refractivity contribution in [3.05, 3.63) is 76.7 Å². The summed E-state index contributed by atoms with van der Waals surface area (Å²) < 4.78 is 5.77. The Balaban J connectivity index is 1.73. The number of aryl methyl sites for hydroxylation is 1. The molecule has 30 heavy (non-hydrogen) atoms. The zero-order valence-electron chi connectivity index (χ0n) is 17.4. The van der Waals surface area contributed by atoms with Crippen LogP contribution in [0.25, 0.3) is 16.8 Å². The molecule has 1 amide bonds. The molecular weight excluding hydrogens is 392 g/mol. The molecule has 4 rings (SSSR count). The predicted molar refractivity (Wildman–Crippen MR) is 126 cm³/mol. The molecule has 1 aliphatic rings. The molecule has 0 aromatic heterocycles. The maximum Gasteiger partial charge on any atom is 0.266 e. The maximum atomic E-state index is 13.0. The third-order valence-corrected chi connectivity index (χ3v) is 5.97. The number of amidine groups is 1. The Labute approximate surface area is 181 Å². The van der Waals surface area contributed by atoms with Gasteiger partial charge in [-0.3, -0.25) is 9.69 Å². The summed E-state index contributed by atoms with van der Waals surface area (Å²) in [6.45, 7) is 7.19. The minimum Gasteiger partial charge on any atom is -0.493 e. The Morgan fingerprint density at radius 1 is 1.00 bits per heavy atom. The molecule has 5 heteroatoms. The normalized spacial score (nSPS) is 16.8. The first-order valence-electron chi connectivity index (χ1n) is 10.1. The molecule has 0 saturated carbocycles. The van der Waals surface area contributed by atoms with Crippen molar-refractivity contribution in [2.45, 2.75) is 20.8 Å². The lowest BCUT2D eigenvalue weighted by Gasteiger charge is -2.12. The first kappa shape index (κ1) is 20.2. The molecule has 0 spiro atoms. The molecule has 1 aliphatic heterocycles. The summed E-state index contributed by atoms with van der Waals surface area (Å²) in [7, 11) is 0. The van der Waals surface area contributed by atoms with Crippen LogP contribution in [-0.2, 0) is 4.79 Å². The average molecular weight is 417 g/mol. The van der Waals surface area contributed by atoms with Gasteiger partial charge in [-0.15, -0.1) is 0 Å². The van der Waals surface area contributed by atoms with Crippen LogP contribution in [-0.4, -0.2) is 29.1 Å². The molecule has 3 aromatic carbocycles. The third-order valence-electron chi connectivity index (χ3n) is 4.97. The highest BCUT2D eigenvalue weighted by atomic mass is 32.2. The second-order valence-electron chi connectivity index (χ2n) is 7.02. The zero-order valence-corrected chi connectivity index (χ0v) is 18.2. The number of fused-ring (bicyclic) bond motifs is 1. The van der Waals surface area contributed by atoms with Gasteiger partial charge in [-0.1, -0.05) is 48.0 Å². The number of hydrogen-bond acceptors (Lipinski definition) is 4. The van der Waals surface area contributed by atoms with E-state index in [0.717, 1.165) is 27.8 Å². The van der Waals surface area contributed by atoms with Gasteiger partial charge in [0, 0.05) is 11.9 Å². The SMILES string of the molecule is CCOc1ccc(/C=C2/SC(=Nc3ccc(C)cc3)N(CC)C2=O)c2ccccc12. The van der Waals surface area contributed by atoms with Crippen LogP contribution in [0.5, 0.6) is 5.75 Å². The number of likely N-dealkylation sites (N-methyl/N-ethyl adjacent to an activating group) is 1. The summed E-state index contributed by atoms with van der Waals surface area (Å²) in [5, 5.41) is 2.83. The molecule has 3 aromatic rings. The van der Waals surface area contributed by atoms with Gasteiger partial charge < -0.3 is 4.74 Å². The van der Waals surface area contributed by atoms with Crippen molar-refractivity contribution in [3.8, 4) is 5.75 Å². The van der Waals surface area contributed by atoms with E-state index in [1.165, 1.54) is 17.3 Å². The first-order chi connectivity index (χ1) is 14.6. The van der Waals surface area contributed by atoms with E-state index in [-0.39, 0.29) is 5.91 Å². The number of nitrogens with zero attached hydrogens (tertiary/aromatic N) is 2. The fourth-order valence-corrected chi connectivity index (χ4v) is 4.50. The molecule has 0 bridgehead atoms. The highest BCUT2D eigenvalue weighted by Gasteiger charge is 2.32. The van der Waals surface area contributed by atoms with Gasteiger partial charge in [0.2, 0.25) is 0 Å². The van der Waals surface area contributed by atoms with Crippen molar-refractivity contribution in [2.24, 2.45) is 4.99 Å². The van der Waals surface area contributed by atoms with E-state index in [1.807, 2.05) is 75.4 Å². The maximum absolute atomic E-state index is 13.0. The Morgan fingerprint density at radius 3 is 2.43 bits per heavy atom. The molecular formula is C25H24N2O2S. The molecule has 0 aliphatic carbocycles. The molecule has 0 atom stereocenters. The highest BCUT2D eigenvalue weighted by Crippen LogP contribution is 2.36. The van der Waals surface area contributed by atoms with Gasteiger partial charge in [0.15, 0.2) is 5.17 Å². The molecule has 0 radical (unpaired) electrons. The van der Waals surface area contributed by atoms with Crippen LogP contribution in [0.4, 0.5) is 5.69 Å². The number of rotatable bonds is 5. The van der Waals surface area contributed by atoms with E-state index in [0.29, 0.717) is 23.2 Å². The predicted octanol–water partition coefficient (Wildman–Crippen LogP) is 6.17. The molecule has 0 N–H and O–H groups in total. The van der Waals surface area contributed by atoms with Crippen LogP contribution in [0.15, 0.2) is 70.6 Å². The molecule has 152 valence electrons. The lowest BCUT2D eigenvalue weighted by atomic mass is 10.0. The fourth-order valence-electron chi connectivity index (χ4n) is 3.44. The Hall–Kier alpha value is -3.05. The number of carbonyl (C=O) groups excluding carboxylic acids is 1. The van der Waals surface area contributed by atoms with Gasteiger partial charge in [-0.2, -0.15) is 0 Å². The van der Waals surface area contributed by atoms with Crippen molar-refractivity contribution in [3.63, 3.8) is 0 Å². The summed E-state index contributed by atoms with van der Waals surface area (Å²) >= 11 is 1.42. The van der Waals surface area contributed by atoms with Gasteiger partial charge in [-0.05, 0) is 67.8 Å². The van der Waals surface area contributed by atoms with Crippen LogP contribution < -0.4 is 4.74 Å². The highest BCUT2D eigenvalue weighted by molar-refractivity contribution is 8.18. The lowest BCUT2D eigenvalue weighted by molar-refractivity contribution is -0.122. The first-order valence-corrected chi connectivity index (χ1v) is 10.9. The van der Waals surface area contributed by atoms with E-state index in [1.54, 1.807) is 4.90 Å². The Morgan fingerprint density at radius 2 is 1.73 bits per heavy atom. The minimum atomic E-state index is -0.00803. The average Bonchev–Trinajstić information content (AvgIpc) is 3.05. The van der Waals surface area contributed by atoms with E-state index >= 15 is 0 Å². The fraction of sp³-hybridized carbons (Fsp3) is 0.200. The number of hydrogen-bond donors (Lipinski definition) is 0. The lowest BCUT2D eigenvalue weighted by Crippen LogP contribution is -2.28. The second-order valence-corrected chi connectivity index (χ2v) is 8.03. The van der Waals surface area contributed by atoms with Gasteiger partial charge in [-0.25, -0.2) is 4.99 Å². The number of benzene rings is 3. The van der Waals surface area contributed by atoms with Crippen LogP contribution in [0, 0.1) is 6.92 Å². The number of amides is 1. The second kappa shape index (κ2) is 8.76. The van der Waals surface area contributed by atoms with Crippen molar-refractivity contribution in [2.75, 3.05) is 13.2 Å². The van der Waals surface area contributed by atoms with Gasteiger partial charge in [0.1, 0.15) is 5.75 Å². The molecule has 1 fully saturated rings. The number of carbonyl (C=O) groups is 1. The van der Waals surface area contributed by atoms with Gasteiger partial charge >= 0.3 is 0 Å². The summed E-state index contributed by atoms with van der Waals surface area (Å²) in [6, 6.07) is 20.1. The standard InChI is InChI=1S/C25H24N2O2S/c1-4-27-24(28)23(30-25(27)26-19-13-10-17(3)11-14-19)16-18-12-15-22(29-5-2)21-9-7-6-8-20(18)21/h6-16H,4-5H2,1-3H3/b23-16+,26-25?. The molecule has 1 heterocycles. The molecule has 0 unspecified atom stereocenters. The minimum absolute atomic E-state index is 0.00803. The largest absolute Gasteiger partial charge is 0.493 e. The van der Waals surface area contributed by atoms with Crippen LogP contribution in [0.3, 0.4) is 0 Å². The van der Waals surface area contributed by atoms with Gasteiger partial charge in [0.25, 0.3) is 5.91 Å². The number of thioether (sulfide) groups is 1. The Kier molecular flexibility index (Phi) is 5.91. The van der Waals surface area contributed by atoms with Gasteiger partial charge in [0.05, 0.1) is 17.2 Å². The smallest absolute Gasteiger partial charge is 0.266 e. The van der Waals surface area contributed by atoms with Crippen LogP contribution in [0.2, 0.25) is 0 Å². The van der Waals surface area contributed by atoms with E-state index in [4.69, 9.17) is 9.73 Å². The topological polar surface area (TPSA) is 41.9 Å². The van der Waals surface area contributed by atoms with E-state index in [2.05, 4.69) is 12.1 Å². The summed E-state index contributed by atoms with van der Waals surface area (Å²) in [5.74, 6) is 0.851. The molecule has 1 saturated heterocycles. The number of ether oxygens (including phenoxy) is 1. The summed E-state index contributed by atoms with van der Waals surface area (Å²) in [5.41, 5.74) is 3.03. The molecule has 4 nitrogen and oxygen atoms in total. The third kappa shape index (κ3) is 3.98. The monoisotopic (exact) mass is 416 g/mol. The number of aliphatic imine (C=N–C) groups is 1. The van der Waals surface area contributed by atoms with Crippen molar-refractivity contribution in [1.29, 1.82) is 0 Å². The van der Waals surface area contributed by atoms with Crippen LogP contribution in [0.1, 0.15) is 25.0 Å². The summed E-state index contributed by atoms with van der Waals surface area (Å²) in [6.07, 6.45) is 1.96. The zero-order chi connectivity index (χ0) is 21.1. The van der Waals surface area contributed by atoms with E-state index < -0.39 is 0 Å². The van der Waals surface area contributed by atoms with Crippen LogP contribution >= 0.6 is 11.8 Å². The van der Waals surface area contributed by atoms with Crippen molar-refractivity contribution in [1.82, 2.24) is 4.90 Å². The quantitative estimate of drug-likeness (QED) is 0.467. The summed E-state index contributed by atoms with van der Waals surface area (Å²) in [4.78, 5) is 20.2. The van der Waals surface area contributed by atoms with Crippen molar-refractivity contribution >= 4 is 45.4 Å². The Bertz CT molecular complexity index is 1150.